The van der Waals surface area contributed by atoms with E-state index in [0.29, 0.717) is 12.3 Å². The fourth-order valence-electron chi connectivity index (χ4n) is 5.91. The third-order valence-electron chi connectivity index (χ3n) is 8.30. The Kier molecular flexibility index (Phi) is 10.4. The van der Waals surface area contributed by atoms with Crippen LogP contribution in [-0.2, 0) is 0 Å². The van der Waals surface area contributed by atoms with Crippen molar-refractivity contribution in [1.82, 2.24) is 19.8 Å². The van der Waals surface area contributed by atoms with Crippen LogP contribution in [0.3, 0.4) is 0 Å². The number of anilines is 3. The molecule has 230 valence electrons. The summed E-state index contributed by atoms with van der Waals surface area (Å²) in [4.78, 5) is 28.8. The second kappa shape index (κ2) is 14.6. The molecule has 43 heavy (non-hydrogen) atoms. The molecule has 2 fully saturated rings. The number of halogens is 1. The van der Waals surface area contributed by atoms with Crippen LogP contribution >= 0.6 is 0 Å². The molecule has 1 aliphatic heterocycles. The average molecular weight is 591 g/mol. The third kappa shape index (κ3) is 8.20. The van der Waals surface area contributed by atoms with Gasteiger partial charge < -0.3 is 24.6 Å². The van der Waals surface area contributed by atoms with Crippen LogP contribution in [0.2, 0.25) is 0 Å². The molecule has 10 heteroatoms. The highest BCUT2D eigenvalue weighted by molar-refractivity contribution is 5.91. The minimum atomic E-state index is -0.469. The Morgan fingerprint density at radius 1 is 1.05 bits per heavy atom. The molecule has 2 aliphatic rings. The van der Waals surface area contributed by atoms with Crippen molar-refractivity contribution in [2.24, 2.45) is 0 Å². The van der Waals surface area contributed by atoms with E-state index in [0.717, 1.165) is 81.6 Å². The second-order valence-electron chi connectivity index (χ2n) is 11.6. The number of para-hydroxylation sites is 1. The van der Waals surface area contributed by atoms with Crippen LogP contribution in [0, 0.1) is 19.7 Å². The number of aryl methyl sites for hydroxylation is 2. The van der Waals surface area contributed by atoms with Crippen molar-refractivity contribution in [3.05, 3.63) is 65.6 Å². The zero-order chi connectivity index (χ0) is 30.2. The van der Waals surface area contributed by atoms with Gasteiger partial charge in [-0.05, 0) is 63.4 Å². The molecule has 1 saturated carbocycles. The average Bonchev–Trinajstić information content (AvgIpc) is 2.99. The first kappa shape index (κ1) is 30.7. The highest BCUT2D eigenvalue weighted by atomic mass is 19.1. The van der Waals surface area contributed by atoms with Gasteiger partial charge in [-0.3, -0.25) is 4.90 Å². The Morgan fingerprint density at radius 3 is 2.51 bits per heavy atom. The van der Waals surface area contributed by atoms with Crippen molar-refractivity contribution in [3.8, 4) is 11.6 Å². The van der Waals surface area contributed by atoms with Crippen LogP contribution in [0.1, 0.15) is 49.7 Å². The summed E-state index contributed by atoms with van der Waals surface area (Å²) in [5.41, 5.74) is 3.41. The Hall–Kier alpha value is -3.76. The monoisotopic (exact) mass is 590 g/mol. The predicted molar refractivity (Wildman–Crippen MR) is 167 cm³/mol. The van der Waals surface area contributed by atoms with Crippen molar-refractivity contribution >= 4 is 23.4 Å². The number of hydrogen-bond acceptors (Lipinski definition) is 8. The number of rotatable bonds is 10. The van der Waals surface area contributed by atoms with E-state index in [9.17, 15) is 9.18 Å². The minimum absolute atomic E-state index is 0.0657. The summed E-state index contributed by atoms with van der Waals surface area (Å²) in [6.07, 6.45) is 7.09. The molecule has 3 aromatic rings. The van der Waals surface area contributed by atoms with E-state index in [1.54, 1.807) is 23.1 Å². The van der Waals surface area contributed by atoms with Gasteiger partial charge in [-0.2, -0.15) is 4.98 Å². The molecule has 1 aliphatic carbocycles. The van der Waals surface area contributed by atoms with Gasteiger partial charge in [0, 0.05) is 62.8 Å². The van der Waals surface area contributed by atoms with Crippen molar-refractivity contribution in [1.29, 1.82) is 0 Å². The largest absolute Gasteiger partial charge is 0.490 e. The maximum atomic E-state index is 14.8. The predicted octanol–water partition coefficient (Wildman–Crippen LogP) is 6.33. The number of nitrogens with one attached hydrogen (secondary N) is 1. The molecule has 1 N–H and O–H groups in total. The van der Waals surface area contributed by atoms with Crippen molar-refractivity contribution in [3.63, 3.8) is 0 Å². The number of likely N-dealkylation sites (N-methyl/N-ethyl adjacent to an activating group) is 1. The lowest BCUT2D eigenvalue weighted by Gasteiger charge is -2.35. The minimum Gasteiger partial charge on any atom is -0.490 e. The fourth-order valence-corrected chi connectivity index (χ4v) is 5.91. The lowest BCUT2D eigenvalue weighted by atomic mass is 9.93. The molecule has 1 aromatic heterocycles. The van der Waals surface area contributed by atoms with Crippen LogP contribution in [0.4, 0.5) is 26.5 Å². The van der Waals surface area contributed by atoms with Gasteiger partial charge in [0.05, 0.1) is 12.3 Å². The van der Waals surface area contributed by atoms with Gasteiger partial charge in [0.2, 0.25) is 11.8 Å². The number of amides is 1. The van der Waals surface area contributed by atoms with Gasteiger partial charge in [0.15, 0.2) is 11.6 Å². The number of carbonyl (C=O) groups excluding carboxylic acids is 1. The first-order valence-corrected chi connectivity index (χ1v) is 15.4. The van der Waals surface area contributed by atoms with Crippen LogP contribution in [-0.4, -0.2) is 78.3 Å². The molecule has 5 rings (SSSR count). The van der Waals surface area contributed by atoms with Crippen molar-refractivity contribution < 1.29 is 18.7 Å². The Balaban J connectivity index is 1.19. The molecular formula is C33H43FN6O3. The van der Waals surface area contributed by atoms with Crippen LogP contribution in [0.15, 0.2) is 48.7 Å². The van der Waals surface area contributed by atoms with E-state index in [1.807, 2.05) is 32.0 Å². The second-order valence-corrected chi connectivity index (χ2v) is 11.6. The lowest BCUT2D eigenvalue weighted by Crippen LogP contribution is -2.44. The maximum Gasteiger partial charge on any atom is 0.421 e. The molecule has 0 bridgehead atoms. The normalized spacial score (nSPS) is 16.6. The molecule has 0 atom stereocenters. The van der Waals surface area contributed by atoms with Crippen LogP contribution in [0.5, 0.6) is 11.6 Å². The highest BCUT2D eigenvalue weighted by Gasteiger charge is 2.31. The Bertz CT molecular complexity index is 1350. The molecular weight excluding hydrogens is 547 g/mol. The summed E-state index contributed by atoms with van der Waals surface area (Å²) in [7, 11) is 2.14. The fraction of sp³-hybridized carbons (Fsp3) is 0.485. The number of hydrogen-bond donors (Lipinski definition) is 1. The molecule has 2 aromatic carbocycles. The summed E-state index contributed by atoms with van der Waals surface area (Å²) in [6.45, 7) is 9.68. The van der Waals surface area contributed by atoms with Crippen LogP contribution in [0.25, 0.3) is 0 Å². The van der Waals surface area contributed by atoms with E-state index in [4.69, 9.17) is 9.47 Å². The summed E-state index contributed by atoms with van der Waals surface area (Å²) in [6, 6.07) is 12.3. The summed E-state index contributed by atoms with van der Waals surface area (Å²) in [5, 5.41) is 3.01. The number of nitrogens with zero attached hydrogens (tertiary/aromatic N) is 5. The first-order chi connectivity index (χ1) is 20.9. The topological polar surface area (TPSA) is 83.1 Å². The third-order valence-corrected chi connectivity index (χ3v) is 8.30. The zero-order valence-corrected chi connectivity index (χ0v) is 25.5. The van der Waals surface area contributed by atoms with Gasteiger partial charge in [0.1, 0.15) is 0 Å². The number of carbonyl (C=O) groups is 1. The number of benzene rings is 2. The van der Waals surface area contributed by atoms with Crippen molar-refractivity contribution in [2.75, 3.05) is 56.6 Å². The first-order valence-electron chi connectivity index (χ1n) is 15.4. The Labute approximate surface area is 254 Å². The maximum absolute atomic E-state index is 14.8. The van der Waals surface area contributed by atoms with Crippen LogP contribution < -0.4 is 19.7 Å². The highest BCUT2D eigenvalue weighted by Crippen LogP contribution is 2.33. The molecule has 9 nitrogen and oxygen atoms in total. The Morgan fingerprint density at radius 2 is 1.79 bits per heavy atom. The summed E-state index contributed by atoms with van der Waals surface area (Å²) in [5.74, 6) is 0.0582. The molecule has 2 heterocycles. The molecule has 0 spiro atoms. The van der Waals surface area contributed by atoms with E-state index >= 15 is 0 Å². The van der Waals surface area contributed by atoms with E-state index in [-0.39, 0.29) is 23.6 Å². The summed E-state index contributed by atoms with van der Waals surface area (Å²) >= 11 is 0. The standard InChI is InChI=1S/C33H43FN6O3/c1-24-9-7-10-25(2)31(24)40(27-11-5-4-6-12-27)33(41)43-30-15-16-35-32(37-30)36-26-13-14-29(28(34)23-26)42-22-8-17-39-20-18-38(3)19-21-39/h7,9-10,13-16,23,27H,4-6,8,11-12,17-22H2,1-3H3,(H,35,36,37). The zero-order valence-electron chi connectivity index (χ0n) is 25.5. The number of piperazine rings is 1. The van der Waals surface area contributed by atoms with E-state index < -0.39 is 11.9 Å². The van der Waals surface area contributed by atoms with Gasteiger partial charge in [-0.1, -0.05) is 37.5 Å². The number of ether oxygens (including phenoxy) is 2. The quantitative estimate of drug-likeness (QED) is 0.274. The molecule has 0 radical (unpaired) electrons. The van der Waals surface area contributed by atoms with Gasteiger partial charge in [-0.25, -0.2) is 14.2 Å². The molecule has 0 unspecified atom stereocenters. The van der Waals surface area contributed by atoms with E-state index in [1.165, 1.54) is 18.7 Å². The lowest BCUT2D eigenvalue weighted by molar-refractivity contribution is 0.145. The van der Waals surface area contributed by atoms with Gasteiger partial charge >= 0.3 is 6.09 Å². The van der Waals surface area contributed by atoms with Gasteiger partial charge in [0.25, 0.3) is 0 Å². The van der Waals surface area contributed by atoms with E-state index in [2.05, 4.69) is 32.1 Å². The smallest absolute Gasteiger partial charge is 0.421 e. The van der Waals surface area contributed by atoms with Gasteiger partial charge in [-0.15, -0.1) is 0 Å². The number of aromatic nitrogens is 2. The molecule has 1 amide bonds. The van der Waals surface area contributed by atoms with Crippen molar-refractivity contribution in [2.45, 2.75) is 58.4 Å². The molecule has 1 saturated heterocycles. The SMILES string of the molecule is Cc1cccc(C)c1N(C(=O)Oc1ccnc(Nc2ccc(OCCCN3CCN(C)CC3)c(F)c2)n1)C1CCCCC1. The summed E-state index contributed by atoms with van der Waals surface area (Å²) < 4.78 is 26.3.